The predicted octanol–water partition coefficient (Wildman–Crippen LogP) is 10.6. The highest BCUT2D eigenvalue weighted by Crippen LogP contribution is 2.46. The van der Waals surface area contributed by atoms with Crippen molar-refractivity contribution in [2.45, 2.75) is 37.7 Å². The van der Waals surface area contributed by atoms with Crippen LogP contribution in [0.1, 0.15) is 27.8 Å². The first kappa shape index (κ1) is 36.2. The van der Waals surface area contributed by atoms with Crippen molar-refractivity contribution in [2.75, 3.05) is 0 Å². The topological polar surface area (TPSA) is 61.1 Å². The van der Waals surface area contributed by atoms with Gasteiger partial charge in [0.25, 0.3) is 0 Å². The summed E-state index contributed by atoms with van der Waals surface area (Å²) in [6, 6.07) is 58.3. The Kier molecular flexibility index (Phi) is 9.71. The van der Waals surface area contributed by atoms with E-state index in [0.717, 1.165) is 32.2 Å². The van der Waals surface area contributed by atoms with Gasteiger partial charge in [0.1, 0.15) is 0 Å². The molecule has 0 spiro atoms. The molecular weight excluding hydrogens is 716 g/mol. The molecule has 2 aliphatic carbocycles. The minimum absolute atomic E-state index is 0.824. The molecule has 8 heteroatoms. The summed E-state index contributed by atoms with van der Waals surface area (Å²) in [4.78, 5) is 0. The summed E-state index contributed by atoms with van der Waals surface area (Å²) < 4.78 is 61.6. The van der Waals surface area contributed by atoms with Crippen LogP contribution >= 0.6 is 0 Å². The maximum absolute atomic E-state index is 10.7. The number of pyridine rings is 1. The van der Waals surface area contributed by atoms with E-state index in [1.807, 2.05) is 0 Å². The van der Waals surface area contributed by atoms with Gasteiger partial charge in [0.05, 0.1) is 11.1 Å². The van der Waals surface area contributed by atoms with Gasteiger partial charge in [0.2, 0.25) is 11.4 Å². The van der Waals surface area contributed by atoms with Crippen LogP contribution in [0.15, 0.2) is 158 Å². The van der Waals surface area contributed by atoms with Crippen molar-refractivity contribution in [1.82, 2.24) is 0 Å². The second kappa shape index (κ2) is 14.8. The normalized spacial score (nSPS) is 13.0. The molecule has 1 heterocycles. The predicted molar refractivity (Wildman–Crippen MR) is 210 cm³/mol. The van der Waals surface area contributed by atoms with E-state index < -0.39 is 15.6 Å². The third-order valence-electron chi connectivity index (χ3n) is 10.5. The van der Waals surface area contributed by atoms with E-state index in [1.165, 1.54) is 83.7 Å². The molecule has 0 aliphatic heterocycles. The van der Waals surface area contributed by atoms with Gasteiger partial charge in [-0.1, -0.05) is 146 Å². The Balaban J connectivity index is 0.000000484. The molecule has 0 fully saturated rings. The largest absolute Gasteiger partial charge is 0.741 e. The van der Waals surface area contributed by atoms with E-state index in [4.69, 9.17) is 13.0 Å². The van der Waals surface area contributed by atoms with Crippen molar-refractivity contribution in [3.8, 4) is 55.9 Å². The van der Waals surface area contributed by atoms with Crippen molar-refractivity contribution in [3.05, 3.63) is 186 Å². The van der Waals surface area contributed by atoms with Crippen molar-refractivity contribution < 1.29 is 30.7 Å². The van der Waals surface area contributed by atoms with E-state index in [-0.39, 0.29) is 0 Å². The molecule has 0 unspecified atom stereocenters. The molecule has 6 aromatic carbocycles. The number of rotatable bonds is 5. The van der Waals surface area contributed by atoms with Gasteiger partial charge in [0.15, 0.2) is 16.7 Å². The summed E-state index contributed by atoms with van der Waals surface area (Å²) in [7, 11) is -6.09. The molecule has 0 amide bonds. The second-order valence-corrected chi connectivity index (χ2v) is 15.2. The van der Waals surface area contributed by atoms with Crippen molar-refractivity contribution >= 4 is 10.1 Å². The Hall–Kier alpha value is -5.83. The number of aryl methyl sites for hydroxylation is 2. The van der Waals surface area contributed by atoms with Crippen LogP contribution in [0.25, 0.3) is 55.9 Å². The van der Waals surface area contributed by atoms with Gasteiger partial charge in [0, 0.05) is 22.3 Å². The van der Waals surface area contributed by atoms with Crippen molar-refractivity contribution in [2.24, 2.45) is 0 Å². The van der Waals surface area contributed by atoms with E-state index in [0.29, 0.717) is 0 Å². The molecule has 0 saturated heterocycles. The summed E-state index contributed by atoms with van der Waals surface area (Å²) in [5.74, 6) is 0. The molecule has 4 nitrogen and oxygen atoms in total. The fraction of sp³-hybridized carbons (Fsp3) is 0.128. The minimum atomic E-state index is -6.09. The van der Waals surface area contributed by atoms with Gasteiger partial charge in [-0.15, -0.1) is 0 Å². The number of benzene rings is 6. The lowest BCUT2D eigenvalue weighted by Gasteiger charge is -2.29. The maximum Gasteiger partial charge on any atom is 0.485 e. The Morgan fingerprint density at radius 1 is 0.509 bits per heavy atom. The summed E-state index contributed by atoms with van der Waals surface area (Å²) in [5, 5.41) is 0. The van der Waals surface area contributed by atoms with Crippen molar-refractivity contribution in [3.63, 3.8) is 0 Å². The molecule has 55 heavy (non-hydrogen) atoms. The Morgan fingerprint density at radius 3 is 1.29 bits per heavy atom. The molecule has 2 aliphatic rings. The van der Waals surface area contributed by atoms with Crippen LogP contribution in [0, 0.1) is 0 Å². The SMILES string of the molecule is O=S(=O)([O-])C(F)(F)F.c1ccc(C[n+]2c3c(c(-c4ccccc4)c4c2-c2cc(-c5ccccc5)ccc2CC4)CCc2ccc(-c4ccccc4)cc2-3)cc1. The molecule has 0 N–H and O–H groups in total. The van der Waals surface area contributed by atoms with Gasteiger partial charge in [-0.3, -0.25) is 0 Å². The van der Waals surface area contributed by atoms with Gasteiger partial charge < -0.3 is 4.55 Å². The maximum atomic E-state index is 10.7. The van der Waals surface area contributed by atoms with Gasteiger partial charge in [-0.05, 0) is 76.8 Å². The molecule has 9 rings (SSSR count). The summed E-state index contributed by atoms with van der Waals surface area (Å²) in [6.07, 6.45) is 4.18. The lowest BCUT2D eigenvalue weighted by Crippen LogP contribution is -2.44. The zero-order valence-corrected chi connectivity index (χ0v) is 30.6. The molecule has 1 aromatic heterocycles. The van der Waals surface area contributed by atoms with Crippen LogP contribution in [0.4, 0.5) is 13.2 Å². The van der Waals surface area contributed by atoms with Crippen LogP contribution in [-0.2, 0) is 42.3 Å². The summed E-state index contributed by atoms with van der Waals surface area (Å²) >= 11 is 0. The quantitative estimate of drug-likeness (QED) is 0.1000. The average Bonchev–Trinajstić information content (AvgIpc) is 3.21. The number of fused-ring (bicyclic) bond motifs is 6. The highest BCUT2D eigenvalue weighted by Gasteiger charge is 2.39. The molecule has 7 aromatic rings. The van der Waals surface area contributed by atoms with Crippen LogP contribution in [0.3, 0.4) is 0 Å². The summed E-state index contributed by atoms with van der Waals surface area (Å²) in [5.41, 5.74) is 14.9. The third-order valence-corrected chi connectivity index (χ3v) is 11.0. The lowest BCUT2D eigenvalue weighted by molar-refractivity contribution is -0.667. The first-order chi connectivity index (χ1) is 26.6. The number of nitrogens with zero attached hydrogens (tertiary/aromatic N) is 1. The average molecular weight is 752 g/mol. The van der Waals surface area contributed by atoms with E-state index >= 15 is 0 Å². The number of hydrogen-bond donors (Lipinski definition) is 0. The Morgan fingerprint density at radius 2 is 0.891 bits per heavy atom. The molecule has 0 atom stereocenters. The van der Waals surface area contributed by atoms with Crippen LogP contribution in [0.5, 0.6) is 0 Å². The van der Waals surface area contributed by atoms with Gasteiger partial charge in [-0.25, -0.2) is 8.42 Å². The highest BCUT2D eigenvalue weighted by molar-refractivity contribution is 7.86. The lowest BCUT2D eigenvalue weighted by atomic mass is 9.77. The first-order valence-electron chi connectivity index (χ1n) is 18.2. The Labute approximate surface area is 319 Å². The molecule has 274 valence electrons. The smallest absolute Gasteiger partial charge is 0.485 e. The van der Waals surface area contributed by atoms with E-state index in [9.17, 15) is 13.2 Å². The summed E-state index contributed by atoms with van der Waals surface area (Å²) in [6.45, 7) is 0.824. The molecular formula is C47H36F3NO3S. The molecule has 0 saturated carbocycles. The second-order valence-electron chi connectivity index (χ2n) is 13.8. The highest BCUT2D eigenvalue weighted by atomic mass is 32.2. The number of halogens is 3. The zero-order chi connectivity index (χ0) is 38.2. The van der Waals surface area contributed by atoms with Gasteiger partial charge >= 0.3 is 5.51 Å². The fourth-order valence-corrected chi connectivity index (χ4v) is 8.01. The number of aromatic nitrogens is 1. The fourth-order valence-electron chi connectivity index (χ4n) is 8.01. The van der Waals surface area contributed by atoms with Crippen LogP contribution in [0.2, 0.25) is 0 Å². The number of alkyl halides is 3. The zero-order valence-electron chi connectivity index (χ0n) is 29.8. The van der Waals surface area contributed by atoms with Crippen LogP contribution < -0.4 is 4.57 Å². The molecule has 0 bridgehead atoms. The van der Waals surface area contributed by atoms with Crippen molar-refractivity contribution in [1.29, 1.82) is 0 Å². The monoisotopic (exact) mass is 751 g/mol. The number of hydrogen-bond acceptors (Lipinski definition) is 3. The van der Waals surface area contributed by atoms with Gasteiger partial charge in [-0.2, -0.15) is 17.7 Å². The third kappa shape index (κ3) is 7.23. The Bertz CT molecular complexity index is 2490. The van der Waals surface area contributed by atoms with E-state index in [2.05, 4.69) is 162 Å². The standard InChI is InChI=1S/C46H36N.CHF3O3S/c1-5-13-32(14-6-1)31-47-45-40(27-25-35-21-23-38(29-42(35)45)33-15-7-2-8-16-33)44(37-19-11-4-12-20-37)41-28-26-36-22-24-39(30-43(36)46(41)47)34-17-9-3-10-18-34;2-1(3,4)8(5,6)7/h1-24,29-30H,25-28,31H2;(H,5,6,7)/q+1;/p-1. The van der Waals surface area contributed by atoms with Crippen LogP contribution in [-0.4, -0.2) is 18.5 Å². The first-order valence-corrected chi connectivity index (χ1v) is 19.6. The molecule has 0 radical (unpaired) electrons. The van der Waals surface area contributed by atoms with E-state index in [1.54, 1.807) is 0 Å². The minimum Gasteiger partial charge on any atom is -0.741 e.